The minimum atomic E-state index is -0.374. The highest BCUT2D eigenvalue weighted by Gasteiger charge is 2.14. The van der Waals surface area contributed by atoms with Crippen LogP contribution in [-0.2, 0) is 6.61 Å². The number of benzene rings is 1. The van der Waals surface area contributed by atoms with Gasteiger partial charge < -0.3 is 15.3 Å². The van der Waals surface area contributed by atoms with Gasteiger partial charge in [-0.15, -0.1) is 0 Å². The van der Waals surface area contributed by atoms with Gasteiger partial charge in [-0.25, -0.2) is 4.98 Å². The minimum absolute atomic E-state index is 0.250. The molecule has 0 unspecified atom stereocenters. The van der Waals surface area contributed by atoms with E-state index in [0.717, 1.165) is 30.0 Å². The van der Waals surface area contributed by atoms with Crippen molar-refractivity contribution in [3.63, 3.8) is 0 Å². The van der Waals surface area contributed by atoms with E-state index in [-0.39, 0.29) is 17.7 Å². The molecule has 0 aliphatic heterocycles. The molecule has 2 N–H and O–H groups in total. The van der Waals surface area contributed by atoms with Crippen molar-refractivity contribution in [2.75, 3.05) is 23.3 Å². The average molecular weight is 352 g/mol. The predicted molar refractivity (Wildman–Crippen MR) is 105 cm³/mol. The van der Waals surface area contributed by atoms with E-state index in [0.29, 0.717) is 11.5 Å². The van der Waals surface area contributed by atoms with Crippen LogP contribution in [0.1, 0.15) is 25.0 Å². The summed E-state index contributed by atoms with van der Waals surface area (Å²) in [5.74, 6) is 0.389. The zero-order chi connectivity index (χ0) is 18.7. The van der Waals surface area contributed by atoms with E-state index < -0.39 is 0 Å². The van der Waals surface area contributed by atoms with Gasteiger partial charge in [0, 0.05) is 36.7 Å². The van der Waals surface area contributed by atoms with Crippen LogP contribution in [0.2, 0.25) is 0 Å². The van der Waals surface area contributed by atoms with Crippen LogP contribution in [0.5, 0.6) is 0 Å². The first-order valence-electron chi connectivity index (χ1n) is 8.82. The molecule has 0 amide bonds. The fourth-order valence-corrected chi connectivity index (χ4v) is 3.05. The molecule has 0 aliphatic rings. The lowest BCUT2D eigenvalue weighted by molar-refractivity contribution is 0.280. The number of rotatable bonds is 6. The highest BCUT2D eigenvalue weighted by Crippen LogP contribution is 2.21. The van der Waals surface area contributed by atoms with E-state index in [9.17, 15) is 9.90 Å². The van der Waals surface area contributed by atoms with Gasteiger partial charge in [-0.2, -0.15) is 0 Å². The number of anilines is 3. The quantitative estimate of drug-likeness (QED) is 0.713. The molecule has 6 heteroatoms. The summed E-state index contributed by atoms with van der Waals surface area (Å²) in [5.41, 5.74) is 3.47. The van der Waals surface area contributed by atoms with Crippen LogP contribution in [0.25, 0.3) is 5.65 Å². The smallest absolute Gasteiger partial charge is 0.265 e. The second-order valence-corrected chi connectivity index (χ2v) is 6.18. The van der Waals surface area contributed by atoms with Gasteiger partial charge in [-0.05, 0) is 44.5 Å². The molecule has 136 valence electrons. The fraction of sp³-hybridized carbons (Fsp3) is 0.300. The Balaban J connectivity index is 2.13. The second-order valence-electron chi connectivity index (χ2n) is 6.18. The SMILES string of the molecule is CCN(CC)c1ccn2c(=O)c(CO)c(Nc3cccc(C)c3)nc2c1. The number of hydrogen-bond donors (Lipinski definition) is 2. The van der Waals surface area contributed by atoms with Gasteiger partial charge in [-0.3, -0.25) is 9.20 Å². The molecule has 26 heavy (non-hydrogen) atoms. The normalized spacial score (nSPS) is 10.9. The molecule has 6 nitrogen and oxygen atoms in total. The van der Waals surface area contributed by atoms with Crippen LogP contribution in [0, 0.1) is 6.92 Å². The third-order valence-electron chi connectivity index (χ3n) is 4.47. The Hall–Kier alpha value is -2.86. The Labute approximate surface area is 152 Å². The fourth-order valence-electron chi connectivity index (χ4n) is 3.05. The molecule has 0 radical (unpaired) electrons. The molecule has 0 aliphatic carbocycles. The zero-order valence-corrected chi connectivity index (χ0v) is 15.4. The van der Waals surface area contributed by atoms with Crippen LogP contribution >= 0.6 is 0 Å². The maximum Gasteiger partial charge on any atom is 0.265 e. The average Bonchev–Trinajstić information content (AvgIpc) is 2.63. The van der Waals surface area contributed by atoms with Crippen LogP contribution in [0.15, 0.2) is 47.4 Å². The third-order valence-corrected chi connectivity index (χ3v) is 4.47. The summed E-state index contributed by atoms with van der Waals surface area (Å²) >= 11 is 0. The Morgan fingerprint density at radius 1 is 1.19 bits per heavy atom. The van der Waals surface area contributed by atoms with Crippen molar-refractivity contribution in [1.82, 2.24) is 9.38 Å². The van der Waals surface area contributed by atoms with Crippen molar-refractivity contribution in [2.45, 2.75) is 27.4 Å². The molecule has 0 bridgehead atoms. The Morgan fingerprint density at radius 3 is 2.62 bits per heavy atom. The van der Waals surface area contributed by atoms with Crippen molar-refractivity contribution in [3.8, 4) is 0 Å². The van der Waals surface area contributed by atoms with E-state index in [2.05, 4.69) is 29.0 Å². The van der Waals surface area contributed by atoms with E-state index in [1.165, 1.54) is 4.40 Å². The molecule has 2 heterocycles. The summed E-state index contributed by atoms with van der Waals surface area (Å²) in [6.45, 7) is 7.55. The standard InChI is InChI=1S/C20H24N4O2/c1-4-23(5-2)16-9-10-24-18(12-16)22-19(17(13-25)20(24)26)21-15-8-6-7-14(3)11-15/h6-12,21,25H,4-5,13H2,1-3H3. The maximum absolute atomic E-state index is 12.8. The summed E-state index contributed by atoms with van der Waals surface area (Å²) in [6.07, 6.45) is 1.72. The molecule has 3 rings (SSSR count). The van der Waals surface area contributed by atoms with Crippen LogP contribution in [0.3, 0.4) is 0 Å². The first-order chi connectivity index (χ1) is 12.6. The molecule has 0 spiro atoms. The number of fused-ring (bicyclic) bond motifs is 1. The number of aliphatic hydroxyl groups is 1. The number of nitrogens with one attached hydrogen (secondary N) is 1. The highest BCUT2D eigenvalue weighted by atomic mass is 16.3. The van der Waals surface area contributed by atoms with E-state index in [1.54, 1.807) is 6.20 Å². The number of pyridine rings is 1. The summed E-state index contributed by atoms with van der Waals surface area (Å²) in [4.78, 5) is 19.6. The topological polar surface area (TPSA) is 69.9 Å². The van der Waals surface area contributed by atoms with Crippen LogP contribution in [-0.4, -0.2) is 27.6 Å². The Kier molecular flexibility index (Phi) is 5.23. The van der Waals surface area contributed by atoms with Crippen molar-refractivity contribution in [2.24, 2.45) is 0 Å². The predicted octanol–water partition coefficient (Wildman–Crippen LogP) is 3.09. The molecular weight excluding hydrogens is 328 g/mol. The van der Waals surface area contributed by atoms with Gasteiger partial charge in [0.2, 0.25) is 0 Å². The van der Waals surface area contributed by atoms with E-state index in [1.807, 2.05) is 43.3 Å². The molecule has 3 aromatic rings. The zero-order valence-electron chi connectivity index (χ0n) is 15.4. The summed E-state index contributed by atoms with van der Waals surface area (Å²) in [7, 11) is 0. The van der Waals surface area contributed by atoms with Crippen molar-refractivity contribution in [3.05, 3.63) is 64.1 Å². The van der Waals surface area contributed by atoms with Crippen molar-refractivity contribution >= 4 is 22.8 Å². The number of hydrogen-bond acceptors (Lipinski definition) is 5. The Bertz CT molecular complexity index is 977. The first kappa shape index (κ1) is 17.9. The minimum Gasteiger partial charge on any atom is -0.391 e. The largest absolute Gasteiger partial charge is 0.391 e. The van der Waals surface area contributed by atoms with Gasteiger partial charge in [-0.1, -0.05) is 12.1 Å². The molecule has 0 saturated heterocycles. The van der Waals surface area contributed by atoms with Gasteiger partial charge in [0.15, 0.2) is 0 Å². The molecule has 0 fully saturated rings. The lowest BCUT2D eigenvalue weighted by Gasteiger charge is -2.21. The van der Waals surface area contributed by atoms with Crippen LogP contribution < -0.4 is 15.8 Å². The van der Waals surface area contributed by atoms with Gasteiger partial charge in [0.1, 0.15) is 11.5 Å². The number of aromatic nitrogens is 2. The van der Waals surface area contributed by atoms with E-state index in [4.69, 9.17) is 0 Å². The van der Waals surface area contributed by atoms with Crippen molar-refractivity contribution in [1.29, 1.82) is 0 Å². The number of nitrogens with zero attached hydrogens (tertiary/aromatic N) is 3. The van der Waals surface area contributed by atoms with E-state index >= 15 is 0 Å². The van der Waals surface area contributed by atoms with Gasteiger partial charge >= 0.3 is 0 Å². The lowest BCUT2D eigenvalue weighted by Crippen LogP contribution is -2.24. The summed E-state index contributed by atoms with van der Waals surface area (Å²) < 4.78 is 1.47. The molecular formula is C20H24N4O2. The third kappa shape index (κ3) is 3.41. The summed E-state index contributed by atoms with van der Waals surface area (Å²) in [6, 6.07) is 11.6. The molecule has 0 atom stereocenters. The first-order valence-corrected chi connectivity index (χ1v) is 8.82. The summed E-state index contributed by atoms with van der Waals surface area (Å²) in [5, 5.41) is 12.9. The van der Waals surface area contributed by atoms with Gasteiger partial charge in [0.25, 0.3) is 5.56 Å². The monoisotopic (exact) mass is 352 g/mol. The molecule has 2 aromatic heterocycles. The second kappa shape index (κ2) is 7.58. The Morgan fingerprint density at radius 2 is 1.96 bits per heavy atom. The maximum atomic E-state index is 12.8. The number of aliphatic hydroxyl groups excluding tert-OH is 1. The van der Waals surface area contributed by atoms with Crippen molar-refractivity contribution < 1.29 is 5.11 Å². The van der Waals surface area contributed by atoms with Crippen LogP contribution in [0.4, 0.5) is 17.2 Å². The molecule has 1 aromatic carbocycles. The number of aryl methyl sites for hydroxylation is 1. The molecule has 0 saturated carbocycles. The lowest BCUT2D eigenvalue weighted by atomic mass is 10.2. The van der Waals surface area contributed by atoms with Gasteiger partial charge in [0.05, 0.1) is 12.2 Å². The highest BCUT2D eigenvalue weighted by molar-refractivity contribution is 5.64.